The number of amides is 1. The molecule has 0 atom stereocenters. The van der Waals surface area contributed by atoms with E-state index in [2.05, 4.69) is 25.7 Å². The molecule has 0 aromatic rings. The zero-order valence-electron chi connectivity index (χ0n) is 10.9. The van der Waals surface area contributed by atoms with E-state index in [1.165, 1.54) is 0 Å². The van der Waals surface area contributed by atoms with Gasteiger partial charge in [-0.05, 0) is 62.4 Å². The van der Waals surface area contributed by atoms with Crippen LogP contribution in [-0.4, -0.2) is 31.4 Å². The minimum absolute atomic E-state index is 0. The molecule has 0 N–H and O–H groups in total. The zero-order valence-corrected chi connectivity index (χ0v) is 13.8. The monoisotopic (exact) mass is 333 g/mol. The molecule has 100 valence electrons. The van der Waals surface area contributed by atoms with Gasteiger partial charge in [-0.3, -0.25) is 4.79 Å². The van der Waals surface area contributed by atoms with Crippen LogP contribution in [0.3, 0.4) is 0 Å². The predicted octanol–water partition coefficient (Wildman–Crippen LogP) is 2.07. The van der Waals surface area contributed by atoms with Crippen molar-refractivity contribution in [3.63, 3.8) is 0 Å². The fraction of sp³-hybridized carbons (Fsp3) is 0.214. The average Bonchev–Trinajstić information content (AvgIpc) is 3.02. The molecule has 19 heavy (non-hydrogen) atoms. The summed E-state index contributed by atoms with van der Waals surface area (Å²) in [4.78, 5) is 13.2. The zero-order chi connectivity index (χ0) is 13.2. The summed E-state index contributed by atoms with van der Waals surface area (Å²) in [7, 11) is -0.542. The number of hydrogen-bond donors (Lipinski definition) is 0. The fourth-order valence-corrected chi connectivity index (χ4v) is 6.37. The maximum atomic E-state index is 11.5. The number of nitrogens with zero attached hydrogens (tertiary/aromatic N) is 1. The molecule has 0 aliphatic heterocycles. The van der Waals surface area contributed by atoms with Gasteiger partial charge in [-0.1, -0.05) is 0 Å². The van der Waals surface area contributed by atoms with Crippen molar-refractivity contribution in [2.24, 2.45) is 0 Å². The molecule has 0 bridgehead atoms. The normalized spacial score (nSPS) is 21.4. The van der Waals surface area contributed by atoms with Crippen LogP contribution in [0.4, 0.5) is 0 Å². The van der Waals surface area contributed by atoms with E-state index in [4.69, 9.17) is 11.1 Å². The Kier molecular flexibility index (Phi) is 6.92. The van der Waals surface area contributed by atoms with E-state index in [1.54, 1.807) is 18.9 Å². The van der Waals surface area contributed by atoms with Gasteiger partial charge >= 0.3 is 17.1 Å². The third-order valence-corrected chi connectivity index (χ3v) is 8.31. The Morgan fingerprint density at radius 3 is 1.79 bits per heavy atom. The summed E-state index contributed by atoms with van der Waals surface area (Å²) in [6.45, 7) is 1.57. The van der Waals surface area contributed by atoms with E-state index in [9.17, 15) is 4.79 Å². The Bertz CT molecular complexity index is 288. The SMILES string of the molecule is CC(=O)N(C)C[Si](Cl)([C]1[CH][CH][CH][CH]1)[C]1[CH][CH][CH][CH]1.[Fe+2]. The molecule has 0 heterocycles. The molecule has 2 nitrogen and oxygen atoms in total. The largest absolute Gasteiger partial charge is 2.00 e. The summed E-state index contributed by atoms with van der Waals surface area (Å²) >= 11 is 6.96. The molecule has 2 aliphatic carbocycles. The minimum atomic E-state index is -2.35. The molecule has 2 saturated carbocycles. The second-order valence-corrected chi connectivity index (χ2v) is 9.53. The van der Waals surface area contributed by atoms with Gasteiger partial charge in [0.15, 0.2) is 7.38 Å². The number of carbonyl (C=O) groups is 1. The first kappa shape index (κ1) is 17.5. The third-order valence-electron chi connectivity index (χ3n) is 3.23. The van der Waals surface area contributed by atoms with Crippen LogP contribution >= 0.6 is 11.1 Å². The van der Waals surface area contributed by atoms with Crippen molar-refractivity contribution in [2.75, 3.05) is 13.2 Å². The van der Waals surface area contributed by atoms with Crippen LogP contribution in [0.15, 0.2) is 0 Å². The fourth-order valence-electron chi connectivity index (χ4n) is 2.06. The number of rotatable bonds is 4. The molecule has 0 unspecified atom stereocenters. The van der Waals surface area contributed by atoms with E-state index in [1.807, 2.05) is 25.7 Å². The number of halogens is 1. The first-order valence-corrected chi connectivity index (χ1v) is 9.11. The average molecular weight is 334 g/mol. The van der Waals surface area contributed by atoms with Crippen LogP contribution in [-0.2, 0) is 21.9 Å². The van der Waals surface area contributed by atoms with Crippen molar-refractivity contribution in [3.05, 3.63) is 62.4 Å². The standard InChI is InChI=1S/C14H16ClNOSi.Fe/c1-12(17)16(2)11-18(15,13-7-3-4-8-13)14-9-5-6-10-14;/h3-10H,11H2,1-2H3;/q;+2. The van der Waals surface area contributed by atoms with E-state index in [0.717, 1.165) is 11.1 Å². The smallest absolute Gasteiger partial charge is 0.347 e. The Labute approximate surface area is 133 Å². The van der Waals surface area contributed by atoms with E-state index >= 15 is 0 Å². The summed E-state index contributed by atoms with van der Waals surface area (Å²) in [6.07, 6.45) is 16.8. The molecule has 2 rings (SSSR count). The van der Waals surface area contributed by atoms with Crippen LogP contribution in [0.5, 0.6) is 0 Å². The van der Waals surface area contributed by atoms with Crippen molar-refractivity contribution < 1.29 is 21.9 Å². The van der Waals surface area contributed by atoms with Gasteiger partial charge in [-0.15, -0.1) is 0 Å². The molecule has 0 saturated heterocycles. The van der Waals surface area contributed by atoms with Crippen LogP contribution in [0.1, 0.15) is 6.92 Å². The summed E-state index contributed by atoms with van der Waals surface area (Å²) < 4.78 is 0. The Balaban J connectivity index is 0.00000180. The van der Waals surface area contributed by atoms with Crippen molar-refractivity contribution in [3.8, 4) is 0 Å². The molecule has 2 fully saturated rings. The number of hydrogen-bond acceptors (Lipinski definition) is 1. The summed E-state index contributed by atoms with van der Waals surface area (Å²) in [5.41, 5.74) is 2.31. The molecule has 0 spiro atoms. The van der Waals surface area contributed by atoms with Gasteiger partial charge in [-0.25, -0.2) is 0 Å². The topological polar surface area (TPSA) is 20.3 Å². The summed E-state index contributed by atoms with van der Waals surface area (Å²) in [5, 5.41) is 0. The minimum Gasteiger partial charge on any atom is -0.347 e. The third kappa shape index (κ3) is 3.99. The van der Waals surface area contributed by atoms with Crippen LogP contribution in [0, 0.1) is 62.4 Å². The van der Waals surface area contributed by atoms with E-state index in [-0.39, 0.29) is 23.0 Å². The second-order valence-electron chi connectivity index (χ2n) is 4.52. The van der Waals surface area contributed by atoms with Crippen LogP contribution < -0.4 is 0 Å². The van der Waals surface area contributed by atoms with Crippen molar-refractivity contribution in [1.82, 2.24) is 4.90 Å². The first-order chi connectivity index (χ1) is 8.54. The maximum absolute atomic E-state index is 11.5. The van der Waals surface area contributed by atoms with Crippen LogP contribution in [0.25, 0.3) is 0 Å². The Morgan fingerprint density at radius 1 is 1.11 bits per heavy atom. The Hall–Kier alpha value is 0.496. The second kappa shape index (κ2) is 7.49. The molecule has 0 aromatic carbocycles. The molecule has 2 aliphatic rings. The van der Waals surface area contributed by atoms with Gasteiger partial charge < -0.3 is 4.90 Å². The van der Waals surface area contributed by atoms with E-state index < -0.39 is 7.38 Å². The quantitative estimate of drug-likeness (QED) is 0.570. The number of carbonyl (C=O) groups excluding carboxylic acids is 1. The Morgan fingerprint density at radius 2 is 1.47 bits per heavy atom. The van der Waals surface area contributed by atoms with Gasteiger partial charge in [0.25, 0.3) is 0 Å². The van der Waals surface area contributed by atoms with E-state index in [0.29, 0.717) is 6.17 Å². The van der Waals surface area contributed by atoms with Gasteiger partial charge in [0, 0.05) is 20.1 Å². The molecular formula is C14H16ClFeNOSi+2. The van der Waals surface area contributed by atoms with Crippen molar-refractivity contribution >= 4 is 24.4 Å². The van der Waals surface area contributed by atoms with Gasteiger partial charge in [0.2, 0.25) is 5.91 Å². The molecule has 1 amide bonds. The first-order valence-electron chi connectivity index (χ1n) is 5.89. The van der Waals surface area contributed by atoms with Gasteiger partial charge in [0.1, 0.15) is 0 Å². The van der Waals surface area contributed by atoms with Crippen molar-refractivity contribution in [2.45, 2.75) is 6.92 Å². The van der Waals surface area contributed by atoms with Gasteiger partial charge in [-0.2, -0.15) is 11.1 Å². The summed E-state index contributed by atoms with van der Waals surface area (Å²) in [6, 6.07) is 0. The predicted molar refractivity (Wildman–Crippen MR) is 75.8 cm³/mol. The molecule has 5 heteroatoms. The van der Waals surface area contributed by atoms with Gasteiger partial charge in [0.05, 0.1) is 0 Å². The van der Waals surface area contributed by atoms with Crippen molar-refractivity contribution in [1.29, 1.82) is 0 Å². The van der Waals surface area contributed by atoms with Crippen LogP contribution in [0.2, 0.25) is 0 Å². The molecule has 0 aromatic heterocycles. The molecular weight excluding hydrogens is 318 g/mol. The maximum Gasteiger partial charge on any atom is 2.00 e. The molecule has 10 radical (unpaired) electrons. The summed E-state index contributed by atoms with van der Waals surface area (Å²) in [5.74, 6) is 0.0469.